The van der Waals surface area contributed by atoms with E-state index in [0.717, 1.165) is 29.3 Å². The van der Waals surface area contributed by atoms with Crippen LogP contribution in [0.1, 0.15) is 36.8 Å². The Kier molecular flexibility index (Phi) is 6.27. The van der Waals surface area contributed by atoms with Crippen LogP contribution in [0.4, 0.5) is 0 Å². The monoisotopic (exact) mass is 438 g/mol. The molecule has 4 nitrogen and oxygen atoms in total. The summed E-state index contributed by atoms with van der Waals surface area (Å²) in [4.78, 5) is 7.24. The molecule has 1 aromatic heterocycles. The summed E-state index contributed by atoms with van der Waals surface area (Å²) in [5, 5.41) is 0. The van der Waals surface area contributed by atoms with Gasteiger partial charge in [0.25, 0.3) is 0 Å². The summed E-state index contributed by atoms with van der Waals surface area (Å²) in [6.07, 6.45) is 2.61. The predicted molar refractivity (Wildman–Crippen MR) is 132 cm³/mol. The van der Waals surface area contributed by atoms with E-state index in [9.17, 15) is 0 Å². The van der Waals surface area contributed by atoms with Crippen LogP contribution in [0.25, 0.3) is 22.6 Å². The molecule has 0 bridgehead atoms. The SMILES string of the molecule is Cc1oc(-c2ccc(-c3ccccc3)cc2)nc1COc1ccc(CN2CCC[C@H]2C)cc1. The van der Waals surface area contributed by atoms with E-state index in [1.807, 2.05) is 13.0 Å². The minimum Gasteiger partial charge on any atom is -0.487 e. The lowest BCUT2D eigenvalue weighted by atomic mass is 10.0. The summed E-state index contributed by atoms with van der Waals surface area (Å²) in [5.41, 5.74) is 5.49. The zero-order valence-corrected chi connectivity index (χ0v) is 19.3. The highest BCUT2D eigenvalue weighted by Gasteiger charge is 2.20. The van der Waals surface area contributed by atoms with Gasteiger partial charge >= 0.3 is 0 Å². The zero-order valence-electron chi connectivity index (χ0n) is 19.3. The zero-order chi connectivity index (χ0) is 22.6. The smallest absolute Gasteiger partial charge is 0.226 e. The molecule has 168 valence electrons. The summed E-state index contributed by atoms with van der Waals surface area (Å²) >= 11 is 0. The molecule has 1 aliphatic rings. The Labute approximate surface area is 195 Å². The van der Waals surface area contributed by atoms with Gasteiger partial charge in [-0.1, -0.05) is 54.6 Å². The highest BCUT2D eigenvalue weighted by atomic mass is 16.5. The minimum atomic E-state index is 0.389. The van der Waals surface area contributed by atoms with Crippen molar-refractivity contribution >= 4 is 0 Å². The van der Waals surface area contributed by atoms with Crippen molar-refractivity contribution in [3.05, 3.63) is 95.9 Å². The maximum Gasteiger partial charge on any atom is 0.226 e. The second-order valence-corrected chi connectivity index (χ2v) is 8.86. The number of rotatable bonds is 7. The van der Waals surface area contributed by atoms with Crippen molar-refractivity contribution in [1.29, 1.82) is 0 Å². The van der Waals surface area contributed by atoms with Crippen LogP contribution in [0.15, 0.2) is 83.3 Å². The molecule has 4 heteroatoms. The fourth-order valence-electron chi connectivity index (χ4n) is 4.43. The van der Waals surface area contributed by atoms with Gasteiger partial charge in [0.15, 0.2) is 0 Å². The van der Waals surface area contributed by atoms with Crippen LogP contribution in [0.3, 0.4) is 0 Å². The molecule has 33 heavy (non-hydrogen) atoms. The molecule has 2 heterocycles. The van der Waals surface area contributed by atoms with Gasteiger partial charge in [-0.05, 0) is 74.2 Å². The Morgan fingerprint density at radius 1 is 0.909 bits per heavy atom. The number of likely N-dealkylation sites (tertiary alicyclic amines) is 1. The number of nitrogens with zero attached hydrogens (tertiary/aromatic N) is 2. The Bertz CT molecular complexity index is 1180. The molecule has 1 aliphatic heterocycles. The van der Waals surface area contributed by atoms with Crippen molar-refractivity contribution in [2.45, 2.75) is 45.9 Å². The van der Waals surface area contributed by atoms with Gasteiger partial charge < -0.3 is 9.15 Å². The Morgan fingerprint density at radius 2 is 1.61 bits per heavy atom. The normalized spacial score (nSPS) is 16.2. The van der Waals surface area contributed by atoms with Crippen LogP contribution in [0, 0.1) is 6.92 Å². The van der Waals surface area contributed by atoms with Gasteiger partial charge in [0.1, 0.15) is 23.8 Å². The van der Waals surface area contributed by atoms with Crippen molar-refractivity contribution in [2.24, 2.45) is 0 Å². The van der Waals surface area contributed by atoms with E-state index in [0.29, 0.717) is 18.5 Å². The average molecular weight is 439 g/mol. The number of hydrogen-bond donors (Lipinski definition) is 0. The molecule has 0 amide bonds. The number of hydrogen-bond acceptors (Lipinski definition) is 4. The molecule has 0 unspecified atom stereocenters. The summed E-state index contributed by atoms with van der Waals surface area (Å²) < 4.78 is 12.0. The topological polar surface area (TPSA) is 38.5 Å². The molecule has 5 rings (SSSR count). The first-order valence-electron chi connectivity index (χ1n) is 11.7. The van der Waals surface area contributed by atoms with E-state index >= 15 is 0 Å². The first-order valence-corrected chi connectivity index (χ1v) is 11.7. The number of ether oxygens (including phenoxy) is 1. The molecular weight excluding hydrogens is 408 g/mol. The Hall–Kier alpha value is -3.37. The predicted octanol–water partition coefficient (Wildman–Crippen LogP) is 6.88. The fourth-order valence-corrected chi connectivity index (χ4v) is 4.43. The van der Waals surface area contributed by atoms with Crippen LogP contribution < -0.4 is 4.74 Å². The van der Waals surface area contributed by atoms with E-state index in [-0.39, 0.29) is 0 Å². The standard InChI is InChI=1S/C29H30N2O2/c1-21-7-6-18-31(21)19-23-10-16-27(17-11-23)32-20-28-22(2)33-29(30-28)26-14-12-25(13-15-26)24-8-4-3-5-9-24/h3-5,8-17,21H,6-7,18-20H2,1-2H3/t21-/m1/s1. The second-order valence-electron chi connectivity index (χ2n) is 8.86. The molecule has 0 spiro atoms. The summed E-state index contributed by atoms with van der Waals surface area (Å²) in [6.45, 7) is 6.85. The van der Waals surface area contributed by atoms with Gasteiger partial charge in [0.2, 0.25) is 5.89 Å². The molecule has 3 aromatic carbocycles. The number of oxazole rings is 1. The van der Waals surface area contributed by atoms with Gasteiger partial charge in [0, 0.05) is 18.2 Å². The van der Waals surface area contributed by atoms with Gasteiger partial charge in [-0.2, -0.15) is 0 Å². The number of benzene rings is 3. The Morgan fingerprint density at radius 3 is 2.30 bits per heavy atom. The summed E-state index contributed by atoms with van der Waals surface area (Å²) in [6, 6.07) is 27.8. The lowest BCUT2D eigenvalue weighted by Crippen LogP contribution is -2.26. The lowest BCUT2D eigenvalue weighted by Gasteiger charge is -2.20. The second kappa shape index (κ2) is 9.63. The minimum absolute atomic E-state index is 0.389. The molecule has 4 aromatic rings. The third-order valence-electron chi connectivity index (χ3n) is 6.51. The third kappa shape index (κ3) is 5.01. The van der Waals surface area contributed by atoms with E-state index in [1.165, 1.54) is 36.1 Å². The first kappa shape index (κ1) is 21.5. The molecule has 0 radical (unpaired) electrons. The van der Waals surface area contributed by atoms with Gasteiger partial charge in [-0.15, -0.1) is 0 Å². The van der Waals surface area contributed by atoms with Gasteiger partial charge in [-0.3, -0.25) is 4.90 Å². The highest BCUT2D eigenvalue weighted by Crippen LogP contribution is 2.27. The van der Waals surface area contributed by atoms with Crippen molar-refractivity contribution < 1.29 is 9.15 Å². The maximum absolute atomic E-state index is 6.01. The van der Waals surface area contributed by atoms with E-state index in [2.05, 4.69) is 84.6 Å². The van der Waals surface area contributed by atoms with Crippen molar-refractivity contribution in [2.75, 3.05) is 6.54 Å². The summed E-state index contributed by atoms with van der Waals surface area (Å²) in [7, 11) is 0. The van der Waals surface area contributed by atoms with Gasteiger partial charge in [0.05, 0.1) is 0 Å². The van der Waals surface area contributed by atoms with Gasteiger partial charge in [-0.25, -0.2) is 4.98 Å². The quantitative estimate of drug-likeness (QED) is 0.315. The van der Waals surface area contributed by atoms with Crippen LogP contribution in [0.5, 0.6) is 5.75 Å². The van der Waals surface area contributed by atoms with Crippen molar-refractivity contribution in [3.63, 3.8) is 0 Å². The molecular formula is C29H30N2O2. The van der Waals surface area contributed by atoms with Crippen LogP contribution in [0.2, 0.25) is 0 Å². The van der Waals surface area contributed by atoms with E-state index in [1.54, 1.807) is 0 Å². The molecule has 0 aliphatic carbocycles. The molecule has 0 saturated carbocycles. The number of aryl methyl sites for hydroxylation is 1. The Balaban J connectivity index is 1.21. The van der Waals surface area contributed by atoms with E-state index < -0.39 is 0 Å². The van der Waals surface area contributed by atoms with Crippen LogP contribution in [-0.2, 0) is 13.2 Å². The lowest BCUT2D eigenvalue weighted by molar-refractivity contribution is 0.260. The average Bonchev–Trinajstić information content (AvgIpc) is 3.44. The molecule has 0 N–H and O–H groups in total. The van der Waals surface area contributed by atoms with Crippen LogP contribution >= 0.6 is 0 Å². The van der Waals surface area contributed by atoms with E-state index in [4.69, 9.17) is 14.1 Å². The molecule has 1 saturated heterocycles. The summed E-state index contributed by atoms with van der Waals surface area (Å²) in [5.74, 6) is 2.27. The maximum atomic E-state index is 6.01. The largest absolute Gasteiger partial charge is 0.487 e. The van der Waals surface area contributed by atoms with Crippen molar-refractivity contribution in [1.82, 2.24) is 9.88 Å². The molecule has 1 atom stereocenters. The molecule has 1 fully saturated rings. The number of aromatic nitrogens is 1. The first-order chi connectivity index (χ1) is 16.2. The van der Waals surface area contributed by atoms with Crippen LogP contribution in [-0.4, -0.2) is 22.5 Å². The third-order valence-corrected chi connectivity index (χ3v) is 6.51. The van der Waals surface area contributed by atoms with Crippen molar-refractivity contribution in [3.8, 4) is 28.3 Å². The highest BCUT2D eigenvalue weighted by molar-refractivity contribution is 5.67. The fraction of sp³-hybridized carbons (Fsp3) is 0.276.